The Morgan fingerprint density at radius 2 is 1.94 bits per heavy atom. The highest BCUT2D eigenvalue weighted by molar-refractivity contribution is 6.30. The molecular formula is C23H19ClFN3O6. The van der Waals surface area contributed by atoms with Crippen LogP contribution in [0.3, 0.4) is 0 Å². The third-order valence-corrected chi connectivity index (χ3v) is 5.29. The molecule has 0 amide bonds. The van der Waals surface area contributed by atoms with E-state index in [9.17, 15) is 14.0 Å². The molecule has 0 radical (unpaired) electrons. The van der Waals surface area contributed by atoms with Crippen LogP contribution in [0.5, 0.6) is 11.5 Å². The van der Waals surface area contributed by atoms with Gasteiger partial charge in [-0.2, -0.15) is 0 Å². The van der Waals surface area contributed by atoms with Gasteiger partial charge in [-0.3, -0.25) is 0 Å². The van der Waals surface area contributed by atoms with Gasteiger partial charge in [0, 0.05) is 17.1 Å². The molecule has 0 N–H and O–H groups in total. The molecule has 0 spiro atoms. The Morgan fingerprint density at radius 1 is 1.15 bits per heavy atom. The molecule has 3 aromatic rings. The maximum atomic E-state index is 13.9. The van der Waals surface area contributed by atoms with Gasteiger partial charge in [-0.05, 0) is 47.9 Å². The van der Waals surface area contributed by atoms with Crippen molar-refractivity contribution in [3.05, 3.63) is 82.6 Å². The van der Waals surface area contributed by atoms with Crippen LogP contribution in [-0.4, -0.2) is 47.4 Å². The second kappa shape index (κ2) is 10.4. The summed E-state index contributed by atoms with van der Waals surface area (Å²) in [4.78, 5) is 37.2. The van der Waals surface area contributed by atoms with Gasteiger partial charge in [0.25, 0.3) is 0 Å². The number of carbonyl (C=O) groups is 2. The summed E-state index contributed by atoms with van der Waals surface area (Å²) >= 11 is 6.27. The Hall–Kier alpha value is -3.76. The summed E-state index contributed by atoms with van der Waals surface area (Å²) in [6.45, 7) is -0.116. The first-order valence-electron chi connectivity index (χ1n) is 10.1. The van der Waals surface area contributed by atoms with Crippen molar-refractivity contribution >= 4 is 23.7 Å². The summed E-state index contributed by atoms with van der Waals surface area (Å²) < 4.78 is 29.4. The quantitative estimate of drug-likeness (QED) is 0.479. The van der Waals surface area contributed by atoms with Crippen molar-refractivity contribution in [3.8, 4) is 11.5 Å². The normalized spacial score (nSPS) is 15.2. The van der Waals surface area contributed by atoms with Crippen molar-refractivity contribution in [2.75, 3.05) is 20.3 Å². The minimum atomic E-state index is -1.01. The molecule has 1 aromatic heterocycles. The van der Waals surface area contributed by atoms with E-state index in [-0.39, 0.29) is 24.7 Å². The van der Waals surface area contributed by atoms with E-state index < -0.39 is 18.2 Å². The zero-order chi connectivity index (χ0) is 24.1. The molecule has 9 nitrogen and oxygen atoms in total. The van der Waals surface area contributed by atoms with Gasteiger partial charge in [-0.15, -0.1) is 5.06 Å². The predicted octanol–water partition coefficient (Wildman–Crippen LogP) is 3.90. The van der Waals surface area contributed by atoms with Gasteiger partial charge in [0.2, 0.25) is 0 Å². The number of aromatic nitrogens is 2. The van der Waals surface area contributed by atoms with E-state index >= 15 is 0 Å². The van der Waals surface area contributed by atoms with Gasteiger partial charge < -0.3 is 19.0 Å². The Labute approximate surface area is 198 Å². The monoisotopic (exact) mass is 487 g/mol. The lowest BCUT2D eigenvalue weighted by Gasteiger charge is -2.36. The van der Waals surface area contributed by atoms with Crippen LogP contribution in [0.1, 0.15) is 22.7 Å². The maximum absolute atomic E-state index is 13.9. The fourth-order valence-corrected chi connectivity index (χ4v) is 3.78. The third-order valence-electron chi connectivity index (χ3n) is 5.06. The fraction of sp³-hybridized carbons (Fsp3) is 0.217. The first-order valence-corrected chi connectivity index (χ1v) is 10.5. The average Bonchev–Trinajstić information content (AvgIpc) is 2.83. The first-order chi connectivity index (χ1) is 16.4. The number of rotatable bonds is 6. The zero-order valence-electron chi connectivity index (χ0n) is 17.9. The standard InChI is InChI=1S/C23H19ClFN3O6/c1-31-21(29)12-32-20-5-2-15(24)9-19(20)22-18-4-3-16(25)8-14(18)6-7-28(22)34-23(30)33-17-10-26-13-27-11-17/h2-5,8-11,13,22H,6-7,12H2,1H3/t22-/m0/s1. The summed E-state index contributed by atoms with van der Waals surface area (Å²) in [6.07, 6.45) is 3.32. The number of hydrogen-bond donors (Lipinski definition) is 0. The van der Waals surface area contributed by atoms with Crippen molar-refractivity contribution < 1.29 is 33.0 Å². The number of hydrogen-bond acceptors (Lipinski definition) is 9. The lowest BCUT2D eigenvalue weighted by molar-refractivity contribution is -0.143. The van der Waals surface area contributed by atoms with Gasteiger partial charge >= 0.3 is 12.1 Å². The number of nitrogens with zero attached hydrogens (tertiary/aromatic N) is 3. The van der Waals surface area contributed by atoms with Gasteiger partial charge in [-0.1, -0.05) is 17.7 Å². The number of ether oxygens (including phenoxy) is 3. The van der Waals surface area contributed by atoms with E-state index in [0.29, 0.717) is 28.3 Å². The second-order valence-corrected chi connectivity index (χ2v) is 7.64. The molecule has 0 aliphatic carbocycles. The van der Waals surface area contributed by atoms with Crippen LogP contribution in [0.4, 0.5) is 9.18 Å². The maximum Gasteiger partial charge on any atom is 0.533 e. The highest BCUT2D eigenvalue weighted by Gasteiger charge is 2.35. The molecule has 176 valence electrons. The number of benzene rings is 2. The molecule has 0 fully saturated rings. The van der Waals surface area contributed by atoms with E-state index in [4.69, 9.17) is 25.9 Å². The molecule has 1 atom stereocenters. The highest BCUT2D eigenvalue weighted by Crippen LogP contribution is 2.41. The van der Waals surface area contributed by atoms with Crippen molar-refractivity contribution in [2.45, 2.75) is 12.5 Å². The smallest absolute Gasteiger partial charge is 0.482 e. The Bertz CT molecular complexity index is 1200. The summed E-state index contributed by atoms with van der Waals surface area (Å²) in [5, 5.41) is 1.78. The molecule has 2 heterocycles. The summed E-state index contributed by atoms with van der Waals surface area (Å²) in [5.41, 5.74) is 1.90. The Balaban J connectivity index is 1.69. The van der Waals surface area contributed by atoms with Crippen LogP contribution in [0.25, 0.3) is 0 Å². The zero-order valence-corrected chi connectivity index (χ0v) is 18.7. The third kappa shape index (κ3) is 5.41. The van der Waals surface area contributed by atoms with Crippen molar-refractivity contribution in [3.63, 3.8) is 0 Å². The molecular weight excluding hydrogens is 469 g/mol. The van der Waals surface area contributed by atoms with Crippen LogP contribution in [0.2, 0.25) is 5.02 Å². The number of hydroxylamine groups is 2. The van der Waals surface area contributed by atoms with Gasteiger partial charge in [0.05, 0.1) is 25.5 Å². The molecule has 0 bridgehead atoms. The largest absolute Gasteiger partial charge is 0.533 e. The van der Waals surface area contributed by atoms with Crippen LogP contribution >= 0.6 is 11.6 Å². The minimum absolute atomic E-state index is 0.105. The van der Waals surface area contributed by atoms with Gasteiger partial charge in [0.15, 0.2) is 12.4 Å². The fourth-order valence-electron chi connectivity index (χ4n) is 3.60. The van der Waals surface area contributed by atoms with Crippen LogP contribution in [-0.2, 0) is 20.8 Å². The summed E-state index contributed by atoms with van der Waals surface area (Å²) in [6, 6.07) is 8.44. The minimum Gasteiger partial charge on any atom is -0.482 e. The number of carbonyl (C=O) groups excluding carboxylic acids is 2. The van der Waals surface area contributed by atoms with E-state index in [2.05, 4.69) is 14.7 Å². The average molecular weight is 488 g/mol. The van der Waals surface area contributed by atoms with E-state index in [1.54, 1.807) is 24.3 Å². The van der Waals surface area contributed by atoms with E-state index in [0.717, 1.165) is 5.56 Å². The van der Waals surface area contributed by atoms with Crippen molar-refractivity contribution in [2.24, 2.45) is 0 Å². The summed E-state index contributed by atoms with van der Waals surface area (Å²) in [7, 11) is 1.25. The molecule has 0 saturated heterocycles. The molecule has 1 aliphatic rings. The predicted molar refractivity (Wildman–Crippen MR) is 117 cm³/mol. The van der Waals surface area contributed by atoms with Gasteiger partial charge in [-0.25, -0.2) is 23.9 Å². The number of esters is 1. The van der Waals surface area contributed by atoms with Crippen molar-refractivity contribution in [1.82, 2.24) is 15.0 Å². The number of fused-ring (bicyclic) bond motifs is 1. The Kier molecular flexibility index (Phi) is 7.19. The topological polar surface area (TPSA) is 100 Å². The molecule has 2 aromatic carbocycles. The Morgan fingerprint density at radius 3 is 2.71 bits per heavy atom. The number of methoxy groups -OCH3 is 1. The first kappa shape index (κ1) is 23.4. The van der Waals surface area contributed by atoms with E-state index in [1.165, 1.54) is 43.0 Å². The number of halogens is 2. The highest BCUT2D eigenvalue weighted by atomic mass is 35.5. The molecule has 4 rings (SSSR count). The molecule has 1 aliphatic heterocycles. The van der Waals surface area contributed by atoms with Crippen LogP contribution in [0, 0.1) is 5.82 Å². The molecule has 34 heavy (non-hydrogen) atoms. The lowest BCUT2D eigenvalue weighted by Crippen LogP contribution is -2.39. The molecule has 0 saturated carbocycles. The molecule has 11 heteroatoms. The van der Waals surface area contributed by atoms with E-state index in [1.807, 2.05) is 0 Å². The molecule has 0 unspecified atom stereocenters. The van der Waals surface area contributed by atoms with Crippen LogP contribution < -0.4 is 9.47 Å². The SMILES string of the molecule is COC(=O)COc1ccc(Cl)cc1[C@@H]1c2ccc(F)cc2CCN1OC(=O)Oc1cncnc1. The lowest BCUT2D eigenvalue weighted by atomic mass is 9.89. The van der Waals surface area contributed by atoms with Crippen molar-refractivity contribution in [1.29, 1.82) is 0 Å². The van der Waals surface area contributed by atoms with Crippen LogP contribution in [0.15, 0.2) is 55.1 Å². The second-order valence-electron chi connectivity index (χ2n) is 7.20. The van der Waals surface area contributed by atoms with Gasteiger partial charge in [0.1, 0.15) is 17.9 Å². The summed E-state index contributed by atoms with van der Waals surface area (Å²) in [5.74, 6) is -0.541.